The molecule has 1 aliphatic rings. The zero-order chi connectivity index (χ0) is 27.7. The van der Waals surface area contributed by atoms with Crippen LogP contribution in [0.25, 0.3) is 11.1 Å². The van der Waals surface area contributed by atoms with Gasteiger partial charge in [0.1, 0.15) is 6.61 Å². The van der Waals surface area contributed by atoms with E-state index in [4.69, 9.17) is 9.47 Å². The minimum absolute atomic E-state index is 0.196. The van der Waals surface area contributed by atoms with Crippen molar-refractivity contribution in [1.29, 1.82) is 0 Å². The van der Waals surface area contributed by atoms with Gasteiger partial charge < -0.3 is 20.1 Å². The molecule has 0 saturated carbocycles. The molecule has 40 heavy (non-hydrogen) atoms. The number of rotatable bonds is 10. The maximum Gasteiger partial charge on any atom is 0.257 e. The molecule has 0 spiro atoms. The molecule has 4 aromatic carbocycles. The number of anilines is 2. The Kier molecular flexibility index (Phi) is 8.99. The van der Waals surface area contributed by atoms with Crippen molar-refractivity contribution in [1.82, 2.24) is 4.90 Å². The lowest BCUT2D eigenvalue weighted by Gasteiger charge is -2.32. The summed E-state index contributed by atoms with van der Waals surface area (Å²) in [5, 5.41) is 6.15. The highest BCUT2D eigenvalue weighted by molar-refractivity contribution is 6.08. The molecule has 1 saturated heterocycles. The lowest BCUT2D eigenvalue weighted by Crippen LogP contribution is -2.35. The fourth-order valence-corrected chi connectivity index (χ4v) is 5.32. The van der Waals surface area contributed by atoms with E-state index in [1.165, 1.54) is 18.4 Å². The largest absolute Gasteiger partial charge is 0.493 e. The van der Waals surface area contributed by atoms with Crippen LogP contribution in [-0.4, -0.2) is 51.2 Å². The summed E-state index contributed by atoms with van der Waals surface area (Å²) in [7, 11) is 3.44. The molecule has 0 bridgehead atoms. The molecule has 0 unspecified atom stereocenters. The van der Waals surface area contributed by atoms with Gasteiger partial charge in [-0.2, -0.15) is 0 Å². The molecular formula is C34H37N3O3. The summed E-state index contributed by atoms with van der Waals surface area (Å²) >= 11 is 0. The molecule has 4 aromatic rings. The van der Waals surface area contributed by atoms with E-state index in [0.717, 1.165) is 36.4 Å². The normalized spacial score (nSPS) is 13.9. The highest BCUT2D eigenvalue weighted by Crippen LogP contribution is 2.32. The van der Waals surface area contributed by atoms with Crippen molar-refractivity contribution in [2.75, 3.05) is 51.0 Å². The fourth-order valence-electron chi connectivity index (χ4n) is 5.32. The van der Waals surface area contributed by atoms with E-state index < -0.39 is 0 Å². The molecule has 2 N–H and O–H groups in total. The number of nitrogens with one attached hydrogen (secondary N) is 2. The topological polar surface area (TPSA) is 62.8 Å². The van der Waals surface area contributed by atoms with E-state index in [0.29, 0.717) is 35.3 Å². The van der Waals surface area contributed by atoms with Crippen molar-refractivity contribution in [3.05, 3.63) is 108 Å². The van der Waals surface area contributed by atoms with Gasteiger partial charge in [-0.15, -0.1) is 0 Å². The van der Waals surface area contributed by atoms with Crippen LogP contribution in [0.15, 0.2) is 97.1 Å². The van der Waals surface area contributed by atoms with Crippen LogP contribution in [0.4, 0.5) is 11.4 Å². The Morgan fingerprint density at radius 3 is 2.27 bits per heavy atom. The zero-order valence-electron chi connectivity index (χ0n) is 23.2. The highest BCUT2D eigenvalue weighted by Gasteiger charge is 2.20. The lowest BCUT2D eigenvalue weighted by molar-refractivity contribution is 0.102. The van der Waals surface area contributed by atoms with Crippen LogP contribution in [0.2, 0.25) is 0 Å². The minimum atomic E-state index is -0.196. The van der Waals surface area contributed by atoms with E-state index in [9.17, 15) is 4.79 Å². The van der Waals surface area contributed by atoms with Gasteiger partial charge in [-0.1, -0.05) is 66.7 Å². The summed E-state index contributed by atoms with van der Waals surface area (Å²) in [6.45, 7) is 3.60. The third-order valence-electron chi connectivity index (χ3n) is 7.59. The first kappa shape index (κ1) is 27.3. The van der Waals surface area contributed by atoms with E-state index >= 15 is 0 Å². The number of ether oxygens (including phenoxy) is 2. The molecule has 6 nitrogen and oxygen atoms in total. The van der Waals surface area contributed by atoms with Gasteiger partial charge >= 0.3 is 0 Å². The Labute approximate surface area is 236 Å². The first-order chi connectivity index (χ1) is 19.6. The molecule has 0 atom stereocenters. The van der Waals surface area contributed by atoms with Crippen molar-refractivity contribution in [2.24, 2.45) is 0 Å². The molecule has 1 heterocycles. The summed E-state index contributed by atoms with van der Waals surface area (Å²) in [6, 6.07) is 32.2. The summed E-state index contributed by atoms with van der Waals surface area (Å²) < 4.78 is 11.7. The average Bonchev–Trinajstić information content (AvgIpc) is 3.02. The molecule has 1 aliphatic heterocycles. The molecule has 0 aromatic heterocycles. The number of likely N-dealkylation sites (tertiary alicyclic amines) is 1. The fraction of sp³-hybridized carbons (Fsp3) is 0.265. The molecule has 0 aliphatic carbocycles. The van der Waals surface area contributed by atoms with Crippen LogP contribution in [0.1, 0.15) is 34.7 Å². The molecule has 0 radical (unpaired) electrons. The smallest absolute Gasteiger partial charge is 0.257 e. The predicted octanol–water partition coefficient (Wildman–Crippen LogP) is 6.91. The molecule has 206 valence electrons. The van der Waals surface area contributed by atoms with Crippen LogP contribution in [0.5, 0.6) is 11.5 Å². The van der Waals surface area contributed by atoms with Crippen LogP contribution in [-0.2, 0) is 0 Å². The zero-order valence-corrected chi connectivity index (χ0v) is 23.2. The van der Waals surface area contributed by atoms with Gasteiger partial charge in [-0.3, -0.25) is 9.69 Å². The van der Waals surface area contributed by atoms with E-state index in [1.807, 2.05) is 55.6 Å². The molecule has 1 fully saturated rings. The van der Waals surface area contributed by atoms with Gasteiger partial charge in [0.25, 0.3) is 5.91 Å². The van der Waals surface area contributed by atoms with Crippen LogP contribution in [0, 0.1) is 0 Å². The minimum Gasteiger partial charge on any atom is -0.493 e. The Bertz CT molecular complexity index is 1400. The van der Waals surface area contributed by atoms with Gasteiger partial charge in [-0.25, -0.2) is 0 Å². The second-order valence-corrected chi connectivity index (χ2v) is 10.1. The number of hydrogen-bond acceptors (Lipinski definition) is 5. The lowest BCUT2D eigenvalue weighted by atomic mass is 9.89. The van der Waals surface area contributed by atoms with Crippen molar-refractivity contribution in [3.8, 4) is 22.6 Å². The highest BCUT2D eigenvalue weighted by atomic mass is 16.5. The summed E-state index contributed by atoms with van der Waals surface area (Å²) in [6.07, 6.45) is 2.35. The quantitative estimate of drug-likeness (QED) is 0.231. The van der Waals surface area contributed by atoms with Crippen molar-refractivity contribution < 1.29 is 14.3 Å². The number of benzene rings is 4. The number of piperidine rings is 1. The first-order valence-electron chi connectivity index (χ1n) is 13.9. The van der Waals surface area contributed by atoms with Gasteiger partial charge in [0.05, 0.1) is 12.7 Å². The van der Waals surface area contributed by atoms with Crippen molar-refractivity contribution >= 4 is 17.3 Å². The van der Waals surface area contributed by atoms with Crippen LogP contribution in [0.3, 0.4) is 0 Å². The predicted molar refractivity (Wildman–Crippen MR) is 163 cm³/mol. The van der Waals surface area contributed by atoms with E-state index in [1.54, 1.807) is 13.2 Å². The standard InChI is InChI=1S/C34H37N3O3/c1-35-31-23-28(26-11-7-4-8-12-26)13-15-30(31)34(38)36-29-14-16-32(33(24-29)39-2)40-22-21-37-19-17-27(18-20-37)25-9-5-3-6-10-25/h3-16,23-24,27,35H,17-22H2,1-2H3,(H,36,38). The summed E-state index contributed by atoms with van der Waals surface area (Å²) in [5.74, 6) is 1.71. The number of hydrogen-bond donors (Lipinski definition) is 2. The molecular weight excluding hydrogens is 498 g/mol. The molecule has 1 amide bonds. The SMILES string of the molecule is CNc1cc(-c2ccccc2)ccc1C(=O)Nc1ccc(OCCN2CCC(c3ccccc3)CC2)c(OC)c1. The van der Waals surface area contributed by atoms with Gasteiger partial charge in [0.2, 0.25) is 0 Å². The number of carbonyl (C=O) groups is 1. The number of methoxy groups -OCH3 is 1. The monoisotopic (exact) mass is 535 g/mol. The maximum absolute atomic E-state index is 13.2. The van der Waals surface area contributed by atoms with Crippen molar-refractivity contribution in [3.63, 3.8) is 0 Å². The Morgan fingerprint density at radius 1 is 0.850 bits per heavy atom. The molecule has 6 heteroatoms. The molecule has 5 rings (SSSR count). The average molecular weight is 536 g/mol. The first-order valence-corrected chi connectivity index (χ1v) is 13.9. The van der Waals surface area contributed by atoms with Gasteiger partial charge in [0, 0.05) is 31.0 Å². The number of carbonyl (C=O) groups excluding carboxylic acids is 1. The summed E-state index contributed by atoms with van der Waals surface area (Å²) in [4.78, 5) is 15.6. The number of nitrogens with zero attached hydrogens (tertiary/aromatic N) is 1. The second-order valence-electron chi connectivity index (χ2n) is 10.1. The third kappa shape index (κ3) is 6.64. The Morgan fingerprint density at radius 2 is 1.57 bits per heavy atom. The summed E-state index contributed by atoms with van der Waals surface area (Å²) in [5.41, 5.74) is 5.57. The van der Waals surface area contributed by atoms with Crippen molar-refractivity contribution in [2.45, 2.75) is 18.8 Å². The van der Waals surface area contributed by atoms with E-state index in [-0.39, 0.29) is 5.91 Å². The van der Waals surface area contributed by atoms with Gasteiger partial charge in [0.15, 0.2) is 11.5 Å². The third-order valence-corrected chi connectivity index (χ3v) is 7.59. The van der Waals surface area contributed by atoms with Crippen LogP contribution >= 0.6 is 0 Å². The van der Waals surface area contributed by atoms with Gasteiger partial charge in [-0.05, 0) is 72.8 Å². The van der Waals surface area contributed by atoms with E-state index in [2.05, 4.69) is 58.0 Å². The van der Waals surface area contributed by atoms with Crippen LogP contribution < -0.4 is 20.1 Å². The Hall–Kier alpha value is -4.29. The second kappa shape index (κ2) is 13.2. The number of amides is 1. The maximum atomic E-state index is 13.2. The Balaban J connectivity index is 1.16.